The van der Waals surface area contributed by atoms with Crippen LogP contribution in [-0.2, 0) is 38.8 Å². The van der Waals surface area contributed by atoms with Crippen molar-refractivity contribution in [2.45, 2.75) is 94.2 Å². The smallest absolute Gasteiger partial charge is 0.247 e. The molecule has 0 aliphatic carbocycles. The molecule has 0 atom stereocenters. The van der Waals surface area contributed by atoms with Gasteiger partial charge >= 0.3 is 0 Å². The first kappa shape index (κ1) is 56.9. The monoisotopic (exact) mass is 1110 g/mol. The Morgan fingerprint density at radius 2 is 1.10 bits per heavy atom. The van der Waals surface area contributed by atoms with Crippen molar-refractivity contribution >= 4 is 83.5 Å². The van der Waals surface area contributed by atoms with Crippen LogP contribution >= 0.6 is 34.3 Å². The number of pyridine rings is 3. The predicted octanol–water partition coefficient (Wildman–Crippen LogP) is 15.6. The van der Waals surface area contributed by atoms with E-state index < -0.39 is 0 Å². The van der Waals surface area contributed by atoms with Crippen LogP contribution in [0.15, 0.2) is 159 Å². The molecule has 0 saturated carbocycles. The van der Waals surface area contributed by atoms with Gasteiger partial charge in [-0.25, -0.2) is 29.6 Å². The van der Waals surface area contributed by atoms with Crippen molar-refractivity contribution in [1.29, 1.82) is 0 Å². The highest BCUT2D eigenvalue weighted by molar-refractivity contribution is 7.16. The molecule has 0 saturated heterocycles. The Balaban J connectivity index is 0.000000155. The first-order valence-electron chi connectivity index (χ1n) is 25.6. The number of thiazole rings is 2. The fourth-order valence-electron chi connectivity index (χ4n) is 9.15. The van der Waals surface area contributed by atoms with Gasteiger partial charge in [-0.3, -0.25) is 4.79 Å². The number of aromatic nitrogens is 10. The summed E-state index contributed by atoms with van der Waals surface area (Å²) in [7, 11) is 0. The Morgan fingerprint density at radius 3 is 1.66 bits per heavy atom. The molecule has 9 aromatic heterocycles. The molecule has 13 nitrogen and oxygen atoms in total. The van der Waals surface area contributed by atoms with Gasteiger partial charge in [0, 0.05) is 114 Å². The van der Waals surface area contributed by atoms with E-state index in [4.69, 9.17) is 11.6 Å². The summed E-state index contributed by atoms with van der Waals surface area (Å²) in [5, 5.41) is 17.1. The first-order valence-corrected chi connectivity index (χ1v) is 27.6. The fourth-order valence-corrected chi connectivity index (χ4v) is 11.2. The third-order valence-corrected chi connectivity index (χ3v) is 15.8. The van der Waals surface area contributed by atoms with Crippen molar-refractivity contribution in [2.75, 3.05) is 10.6 Å². The number of nitrogens with zero attached hydrogens (tertiary/aromatic N) is 7. The van der Waals surface area contributed by atoms with Gasteiger partial charge in [-0.05, 0) is 110 Å². The summed E-state index contributed by atoms with van der Waals surface area (Å²) < 4.78 is 1.59. The van der Waals surface area contributed by atoms with Gasteiger partial charge in [-0.15, -0.1) is 22.7 Å². The van der Waals surface area contributed by atoms with Crippen LogP contribution in [-0.4, -0.2) is 55.6 Å². The van der Waals surface area contributed by atoms with Crippen molar-refractivity contribution in [1.82, 2.24) is 49.7 Å². The van der Waals surface area contributed by atoms with E-state index in [9.17, 15) is 4.79 Å². The van der Waals surface area contributed by atoms with Crippen LogP contribution in [0.5, 0.6) is 0 Å². The quantitative estimate of drug-likeness (QED) is 0.0632. The number of aryl methyl sites for hydroxylation is 4. The second-order valence-electron chi connectivity index (χ2n) is 19.0. The summed E-state index contributed by atoms with van der Waals surface area (Å²) >= 11 is 9.65. The van der Waals surface area contributed by atoms with E-state index in [0.29, 0.717) is 11.6 Å². The summed E-state index contributed by atoms with van der Waals surface area (Å²) in [6, 6.07) is 39.4. The van der Waals surface area contributed by atoms with Crippen LogP contribution in [0.25, 0.3) is 33.1 Å². The number of nitrogens with one attached hydrogen (secondary N) is 5. The SMILES string of the molecule is C.C.Cc1ccc(CNc2nc(Cl)c(Cc3c[nH]c4ncccc34)s2)cc1.Cc1ccc(CNc2ncc(Cc3c[nH]c4ncccc34)s2)cc1.Cc1nn(C(=O)CCCc2ccccc2)c(C)c1Cc1c[nH]c2ncccc12. The van der Waals surface area contributed by atoms with E-state index >= 15 is 0 Å². The highest BCUT2D eigenvalue weighted by Gasteiger charge is 2.19. The lowest BCUT2D eigenvalue weighted by Gasteiger charge is -2.05. The van der Waals surface area contributed by atoms with Crippen molar-refractivity contribution in [2.24, 2.45) is 0 Å². The second kappa shape index (κ2) is 26.9. The lowest BCUT2D eigenvalue weighted by atomic mass is 10.0. The summed E-state index contributed by atoms with van der Waals surface area (Å²) in [5.41, 5.74) is 15.6. The number of anilines is 2. The number of fused-ring (bicyclic) bond motifs is 3. The summed E-state index contributed by atoms with van der Waals surface area (Å²) in [6.45, 7) is 9.68. The van der Waals surface area contributed by atoms with Gasteiger partial charge < -0.3 is 25.6 Å². The second-order valence-corrected chi connectivity index (χ2v) is 21.6. The average Bonchev–Trinajstić information content (AvgIpc) is 4.39. The van der Waals surface area contributed by atoms with Crippen LogP contribution in [0.1, 0.15) is 104 Å². The standard InChI is InChI=1S/C23H24N4O.C19H17ClN4S.C19H18N4S.2CH4/c1-16-21(14-19-15-25-23-20(19)11-7-13-24-23)17(2)27(26-16)22(28)12-6-10-18-8-4-3-5-9-18;1-12-4-6-13(7-5-12)10-23-19-24-17(20)16(25-19)9-14-11-22-18-15(14)3-2-8-21-18;1-13-4-6-14(7-5-13)10-22-19-23-12-16(24-19)9-15-11-21-18-17(15)3-2-8-20-18;;/h3-5,7-9,11,13,15H,6,10,12,14H2,1-2H3,(H,24,25);2-8,11H,9-10H2,1H3,(H,21,22)(H,23,24);2-8,11-12H,9-10H2,1H3,(H,20,21)(H,22,23);2*1H4. The molecule has 0 fully saturated rings. The van der Waals surface area contributed by atoms with Crippen LogP contribution in [0.4, 0.5) is 10.3 Å². The Kier molecular flexibility index (Phi) is 19.4. The average molecular weight is 1110 g/mol. The number of hydrogen-bond acceptors (Lipinski definition) is 11. The van der Waals surface area contributed by atoms with Gasteiger partial charge in [0.05, 0.1) is 10.6 Å². The minimum atomic E-state index is 0. The lowest BCUT2D eigenvalue weighted by Crippen LogP contribution is -2.14. The largest absolute Gasteiger partial charge is 0.357 e. The first-order chi connectivity index (χ1) is 37.6. The zero-order valence-electron chi connectivity index (χ0n) is 43.4. The topological polar surface area (TPSA) is 171 Å². The van der Waals surface area contributed by atoms with E-state index in [1.54, 1.807) is 39.7 Å². The molecule has 0 amide bonds. The van der Waals surface area contributed by atoms with Gasteiger partial charge in [0.25, 0.3) is 0 Å². The number of aromatic amines is 3. The fraction of sp³-hybridized carbons (Fsp3) is 0.222. The van der Waals surface area contributed by atoms with Gasteiger partial charge in [-0.2, -0.15) is 5.10 Å². The van der Waals surface area contributed by atoms with Crippen molar-refractivity contribution in [3.8, 4) is 0 Å². The van der Waals surface area contributed by atoms with Crippen LogP contribution in [0.2, 0.25) is 5.15 Å². The molecule has 0 aliphatic heterocycles. The van der Waals surface area contributed by atoms with E-state index in [1.165, 1.54) is 54.8 Å². The molecule has 5 N–H and O–H groups in total. The van der Waals surface area contributed by atoms with Crippen molar-refractivity contribution in [3.05, 3.63) is 235 Å². The zero-order chi connectivity index (χ0) is 53.1. The molecule has 79 heavy (non-hydrogen) atoms. The predicted molar refractivity (Wildman–Crippen MR) is 328 cm³/mol. The van der Waals surface area contributed by atoms with Crippen LogP contribution < -0.4 is 10.6 Å². The Bertz CT molecular complexity index is 3870. The molecule has 0 unspecified atom stereocenters. The molecule has 0 radical (unpaired) electrons. The molecule has 12 aromatic rings. The van der Waals surface area contributed by atoms with Crippen LogP contribution in [0, 0.1) is 27.7 Å². The maximum Gasteiger partial charge on any atom is 0.247 e. The Hall–Kier alpha value is -8.24. The van der Waals surface area contributed by atoms with E-state index in [2.05, 4.69) is 148 Å². The summed E-state index contributed by atoms with van der Waals surface area (Å²) in [4.78, 5) is 46.6. The maximum atomic E-state index is 12.7. The molecular formula is C63H67ClN12OS2. The highest BCUT2D eigenvalue weighted by Crippen LogP contribution is 2.32. The lowest BCUT2D eigenvalue weighted by molar-refractivity contribution is 0.0881. The summed E-state index contributed by atoms with van der Waals surface area (Å²) in [6.07, 6.45) is 17.9. The minimum Gasteiger partial charge on any atom is -0.357 e. The van der Waals surface area contributed by atoms with E-state index in [1.807, 2.05) is 81.2 Å². The summed E-state index contributed by atoms with van der Waals surface area (Å²) in [5.74, 6) is 0.0587. The highest BCUT2D eigenvalue weighted by atomic mass is 35.5. The normalized spacial score (nSPS) is 10.8. The molecule has 12 rings (SSSR count). The third-order valence-electron chi connectivity index (χ3n) is 13.4. The van der Waals surface area contributed by atoms with Crippen molar-refractivity contribution < 1.29 is 4.79 Å². The number of hydrogen-bond donors (Lipinski definition) is 5. The molecule has 0 bridgehead atoms. The Labute approximate surface area is 475 Å². The maximum absolute atomic E-state index is 12.7. The number of carbonyl (C=O) groups is 1. The molecule has 404 valence electrons. The van der Waals surface area contributed by atoms with Gasteiger partial charge in [0.15, 0.2) is 10.3 Å². The third kappa shape index (κ3) is 14.5. The molecule has 9 heterocycles. The van der Waals surface area contributed by atoms with Gasteiger partial charge in [0.2, 0.25) is 5.91 Å². The number of halogens is 1. The molecular weight excluding hydrogens is 1040 g/mol. The number of benzene rings is 3. The minimum absolute atomic E-state index is 0. The molecule has 0 aliphatic rings. The van der Waals surface area contributed by atoms with E-state index in [-0.39, 0.29) is 20.8 Å². The number of carbonyl (C=O) groups excluding carboxylic acids is 1. The van der Waals surface area contributed by atoms with Crippen molar-refractivity contribution in [3.63, 3.8) is 0 Å². The zero-order valence-corrected chi connectivity index (χ0v) is 45.8. The van der Waals surface area contributed by atoms with Gasteiger partial charge in [-0.1, -0.05) is 116 Å². The van der Waals surface area contributed by atoms with Gasteiger partial charge in [0.1, 0.15) is 22.1 Å². The molecule has 16 heteroatoms. The number of rotatable bonds is 16. The Morgan fingerprint density at radius 1 is 0.582 bits per heavy atom. The van der Waals surface area contributed by atoms with E-state index in [0.717, 1.165) is 105 Å². The van der Waals surface area contributed by atoms with Crippen LogP contribution in [0.3, 0.4) is 0 Å². The molecule has 3 aromatic carbocycles. The number of H-pyrrole nitrogens is 3. The molecule has 0 spiro atoms.